The van der Waals surface area contributed by atoms with Crippen LogP contribution in [0.1, 0.15) is 6.92 Å². The predicted molar refractivity (Wildman–Crippen MR) is 37.1 cm³/mol. The van der Waals surface area contributed by atoms with Crippen LogP contribution >= 0.6 is 0 Å². The summed E-state index contributed by atoms with van der Waals surface area (Å²) in [5, 5.41) is 10.3. The number of nitrogens with zero attached hydrogens (tertiary/aromatic N) is 1. The standard InChI is InChI=1S/C7H15NO2/c1-6(7(9)10)5-8(2,3)4/h6H,5H2,1-4H3. The third kappa shape index (κ3) is 4.32. The molecule has 0 aliphatic carbocycles. The van der Waals surface area contributed by atoms with Gasteiger partial charge in [0.1, 0.15) is 0 Å². The Balaban J connectivity index is 3.80. The molecule has 0 N–H and O–H groups in total. The number of rotatable bonds is 3. The van der Waals surface area contributed by atoms with E-state index >= 15 is 0 Å². The zero-order chi connectivity index (χ0) is 8.36. The quantitative estimate of drug-likeness (QED) is 0.482. The van der Waals surface area contributed by atoms with Crippen LogP contribution in [0.4, 0.5) is 0 Å². The fraction of sp³-hybridized carbons (Fsp3) is 0.857. The van der Waals surface area contributed by atoms with Crippen molar-refractivity contribution in [2.75, 3.05) is 27.7 Å². The number of carboxylic acids is 1. The van der Waals surface area contributed by atoms with Gasteiger partial charge in [0.2, 0.25) is 0 Å². The van der Waals surface area contributed by atoms with Gasteiger partial charge < -0.3 is 14.4 Å². The molecular formula is C7H15NO2. The molecule has 0 heterocycles. The number of aliphatic carboxylic acids is 1. The lowest BCUT2D eigenvalue weighted by atomic mass is 10.1. The first-order valence-corrected chi connectivity index (χ1v) is 3.34. The molecule has 0 saturated heterocycles. The van der Waals surface area contributed by atoms with Gasteiger partial charge in [-0.1, -0.05) is 6.92 Å². The minimum absolute atomic E-state index is 0.361. The van der Waals surface area contributed by atoms with Gasteiger partial charge in [0.05, 0.1) is 27.7 Å². The second kappa shape index (κ2) is 3.01. The largest absolute Gasteiger partial charge is 0.550 e. The average molecular weight is 145 g/mol. The summed E-state index contributed by atoms with van der Waals surface area (Å²) in [5.74, 6) is -1.33. The van der Waals surface area contributed by atoms with Crippen molar-refractivity contribution in [2.24, 2.45) is 5.92 Å². The molecule has 3 nitrogen and oxygen atoms in total. The van der Waals surface area contributed by atoms with E-state index in [0.29, 0.717) is 11.0 Å². The van der Waals surface area contributed by atoms with Crippen molar-refractivity contribution in [3.05, 3.63) is 0 Å². The monoisotopic (exact) mass is 145 g/mol. The number of carbonyl (C=O) groups excluding carboxylic acids is 1. The topological polar surface area (TPSA) is 40.1 Å². The van der Waals surface area contributed by atoms with Crippen LogP contribution in [0.5, 0.6) is 0 Å². The molecule has 3 heteroatoms. The Kier molecular flexibility index (Phi) is 2.84. The number of hydrogen-bond acceptors (Lipinski definition) is 2. The fourth-order valence-corrected chi connectivity index (χ4v) is 0.896. The molecule has 10 heavy (non-hydrogen) atoms. The second-order valence-corrected chi connectivity index (χ2v) is 3.69. The van der Waals surface area contributed by atoms with E-state index < -0.39 is 5.97 Å². The Morgan fingerprint density at radius 2 is 1.90 bits per heavy atom. The highest BCUT2D eigenvalue weighted by atomic mass is 16.4. The highest BCUT2D eigenvalue weighted by Gasteiger charge is 2.13. The van der Waals surface area contributed by atoms with Crippen LogP contribution in [0.3, 0.4) is 0 Å². The van der Waals surface area contributed by atoms with Crippen LogP contribution in [0.2, 0.25) is 0 Å². The summed E-state index contributed by atoms with van der Waals surface area (Å²) >= 11 is 0. The molecule has 60 valence electrons. The Morgan fingerprint density at radius 3 is 2.00 bits per heavy atom. The molecule has 1 unspecified atom stereocenters. The average Bonchev–Trinajstić information content (AvgIpc) is 1.60. The van der Waals surface area contributed by atoms with E-state index in [-0.39, 0.29) is 5.92 Å². The van der Waals surface area contributed by atoms with Crippen molar-refractivity contribution in [1.82, 2.24) is 0 Å². The minimum Gasteiger partial charge on any atom is -0.550 e. The third-order valence-corrected chi connectivity index (χ3v) is 1.22. The number of quaternary nitrogens is 1. The van der Waals surface area contributed by atoms with E-state index in [9.17, 15) is 9.90 Å². The molecular weight excluding hydrogens is 130 g/mol. The maximum Gasteiger partial charge on any atom is 0.0859 e. The van der Waals surface area contributed by atoms with E-state index in [1.807, 2.05) is 21.1 Å². The van der Waals surface area contributed by atoms with Crippen molar-refractivity contribution >= 4 is 5.97 Å². The lowest BCUT2D eigenvalue weighted by molar-refractivity contribution is -0.872. The summed E-state index contributed by atoms with van der Waals surface area (Å²) in [6.45, 7) is 2.28. The Labute approximate surface area is 61.9 Å². The zero-order valence-corrected chi connectivity index (χ0v) is 7.05. The van der Waals surface area contributed by atoms with Gasteiger partial charge in [0, 0.05) is 11.9 Å². The first-order valence-electron chi connectivity index (χ1n) is 3.34. The van der Waals surface area contributed by atoms with Crippen LogP contribution in [0.25, 0.3) is 0 Å². The molecule has 0 radical (unpaired) electrons. The summed E-state index contributed by atoms with van der Waals surface area (Å²) in [6.07, 6.45) is 0. The summed E-state index contributed by atoms with van der Waals surface area (Å²) in [5.41, 5.74) is 0. The van der Waals surface area contributed by atoms with Gasteiger partial charge in [-0.15, -0.1) is 0 Å². The highest BCUT2D eigenvalue weighted by Crippen LogP contribution is 1.99. The van der Waals surface area contributed by atoms with Crippen LogP contribution in [0, 0.1) is 5.92 Å². The van der Waals surface area contributed by atoms with Crippen LogP contribution in [-0.4, -0.2) is 38.1 Å². The molecule has 0 saturated carbocycles. The molecule has 1 atom stereocenters. The Morgan fingerprint density at radius 1 is 1.50 bits per heavy atom. The molecule has 0 aromatic heterocycles. The summed E-state index contributed by atoms with van der Waals surface area (Å²) < 4.78 is 0.662. The van der Waals surface area contributed by atoms with Crippen molar-refractivity contribution < 1.29 is 14.4 Å². The molecule has 0 amide bonds. The first-order chi connectivity index (χ1) is 4.33. The van der Waals surface area contributed by atoms with Crippen LogP contribution in [-0.2, 0) is 4.79 Å². The van der Waals surface area contributed by atoms with Gasteiger partial charge >= 0.3 is 0 Å². The smallest absolute Gasteiger partial charge is 0.0859 e. The summed E-state index contributed by atoms with van der Waals surface area (Å²) in [7, 11) is 5.87. The van der Waals surface area contributed by atoms with Gasteiger partial charge in [-0.25, -0.2) is 0 Å². The third-order valence-electron chi connectivity index (χ3n) is 1.22. The van der Waals surface area contributed by atoms with Gasteiger partial charge in [0.15, 0.2) is 0 Å². The van der Waals surface area contributed by atoms with E-state index in [4.69, 9.17) is 0 Å². The molecule has 0 aromatic carbocycles. The number of hydrogen-bond donors (Lipinski definition) is 0. The molecule has 0 bridgehead atoms. The summed E-state index contributed by atoms with van der Waals surface area (Å²) in [4.78, 5) is 10.3. The Hall–Kier alpha value is -0.570. The predicted octanol–water partition coefficient (Wildman–Crippen LogP) is -0.921. The van der Waals surface area contributed by atoms with Gasteiger partial charge in [-0.05, 0) is 0 Å². The van der Waals surface area contributed by atoms with E-state index in [2.05, 4.69) is 0 Å². The van der Waals surface area contributed by atoms with Crippen molar-refractivity contribution in [3.63, 3.8) is 0 Å². The lowest BCUT2D eigenvalue weighted by Gasteiger charge is -2.27. The van der Waals surface area contributed by atoms with Crippen LogP contribution in [0.15, 0.2) is 0 Å². The minimum atomic E-state index is -0.965. The molecule has 0 rings (SSSR count). The lowest BCUT2D eigenvalue weighted by Crippen LogP contribution is -2.44. The molecule has 0 aliphatic rings. The number of carbonyl (C=O) groups is 1. The van der Waals surface area contributed by atoms with E-state index in [0.717, 1.165) is 0 Å². The van der Waals surface area contributed by atoms with Crippen LogP contribution < -0.4 is 5.11 Å². The highest BCUT2D eigenvalue weighted by molar-refractivity contribution is 5.67. The molecule has 0 aromatic rings. The normalized spacial score (nSPS) is 14.8. The maximum atomic E-state index is 10.3. The zero-order valence-electron chi connectivity index (χ0n) is 7.05. The Bertz CT molecular complexity index is 126. The molecule has 0 spiro atoms. The SMILES string of the molecule is CC(C[N+](C)(C)C)C(=O)[O-]. The van der Waals surface area contributed by atoms with E-state index in [1.165, 1.54) is 0 Å². The first kappa shape index (κ1) is 9.43. The van der Waals surface area contributed by atoms with Gasteiger partial charge in [-0.2, -0.15) is 0 Å². The van der Waals surface area contributed by atoms with Crippen molar-refractivity contribution in [1.29, 1.82) is 0 Å². The molecule has 0 fully saturated rings. The fourth-order valence-electron chi connectivity index (χ4n) is 0.896. The van der Waals surface area contributed by atoms with Gasteiger partial charge in [-0.3, -0.25) is 0 Å². The maximum absolute atomic E-state index is 10.3. The van der Waals surface area contributed by atoms with Crippen molar-refractivity contribution in [3.8, 4) is 0 Å². The summed E-state index contributed by atoms with van der Waals surface area (Å²) in [6, 6.07) is 0. The van der Waals surface area contributed by atoms with Crippen molar-refractivity contribution in [2.45, 2.75) is 6.92 Å². The van der Waals surface area contributed by atoms with Gasteiger partial charge in [0.25, 0.3) is 0 Å². The van der Waals surface area contributed by atoms with E-state index in [1.54, 1.807) is 6.92 Å². The number of carboxylic acid groups (broad SMARTS) is 1. The molecule has 0 aliphatic heterocycles. The second-order valence-electron chi connectivity index (χ2n) is 3.69.